The Kier molecular flexibility index (Phi) is 5.41. The number of pyridine rings is 2. The van der Waals surface area contributed by atoms with Gasteiger partial charge in [-0.1, -0.05) is 36.4 Å². The van der Waals surface area contributed by atoms with Gasteiger partial charge in [0.1, 0.15) is 5.75 Å². The minimum absolute atomic E-state index is 0.266. The van der Waals surface area contributed by atoms with Gasteiger partial charge in [-0.05, 0) is 36.4 Å². The molecule has 6 heteroatoms. The summed E-state index contributed by atoms with van der Waals surface area (Å²) in [4.78, 5) is 29.1. The summed E-state index contributed by atoms with van der Waals surface area (Å²) >= 11 is 0. The number of ether oxygens (including phenoxy) is 1. The van der Waals surface area contributed by atoms with Crippen LogP contribution in [-0.2, 0) is 4.79 Å². The van der Waals surface area contributed by atoms with E-state index < -0.39 is 5.97 Å². The lowest BCUT2D eigenvalue weighted by Gasteiger charge is -2.14. The van der Waals surface area contributed by atoms with Crippen LogP contribution >= 0.6 is 0 Å². The minimum Gasteiger partial charge on any atom is -0.425 e. The Morgan fingerprint density at radius 3 is 2.39 bits per heavy atom. The molecule has 0 unspecified atom stereocenters. The van der Waals surface area contributed by atoms with Gasteiger partial charge in [-0.2, -0.15) is 5.26 Å². The Morgan fingerprint density at radius 2 is 1.71 bits per heavy atom. The molecule has 0 saturated carbocycles. The third-order valence-electron chi connectivity index (χ3n) is 4.72. The first-order valence-electron chi connectivity index (χ1n) is 9.54. The molecule has 0 amide bonds. The summed E-state index contributed by atoms with van der Waals surface area (Å²) in [6.07, 6.45) is 3.12. The maximum absolute atomic E-state index is 13.6. The zero-order chi connectivity index (χ0) is 21.8. The highest BCUT2D eigenvalue weighted by molar-refractivity contribution is 5.84. The van der Waals surface area contributed by atoms with Gasteiger partial charge in [0.15, 0.2) is 0 Å². The van der Waals surface area contributed by atoms with Crippen LogP contribution in [0.2, 0.25) is 0 Å². The van der Waals surface area contributed by atoms with Crippen molar-refractivity contribution in [3.8, 4) is 39.9 Å². The van der Waals surface area contributed by atoms with E-state index in [0.717, 1.165) is 0 Å². The molecular weight excluding hydrogens is 390 g/mol. The summed E-state index contributed by atoms with van der Waals surface area (Å²) in [5, 5.41) is 9.62. The molecule has 2 heterocycles. The summed E-state index contributed by atoms with van der Waals surface area (Å²) in [6.45, 7) is 1.31. The third-order valence-corrected chi connectivity index (χ3v) is 4.72. The topological polar surface area (TPSA) is 85.0 Å². The van der Waals surface area contributed by atoms with Crippen LogP contribution in [0.4, 0.5) is 0 Å². The fraction of sp³-hybridized carbons (Fsp3) is 0.0400. The lowest BCUT2D eigenvalue weighted by atomic mass is 9.95. The van der Waals surface area contributed by atoms with Crippen LogP contribution in [-0.4, -0.2) is 15.5 Å². The molecule has 4 aromatic rings. The first-order valence-corrected chi connectivity index (χ1v) is 9.54. The molecule has 0 aliphatic carbocycles. The van der Waals surface area contributed by atoms with Crippen molar-refractivity contribution >= 4 is 5.97 Å². The number of carbonyl (C=O) groups excluding carboxylic acids is 1. The number of para-hydroxylation sites is 1. The first-order chi connectivity index (χ1) is 15.1. The van der Waals surface area contributed by atoms with E-state index in [0.29, 0.717) is 39.4 Å². The Hall–Kier alpha value is -4.50. The van der Waals surface area contributed by atoms with Crippen LogP contribution in [0.5, 0.6) is 5.75 Å². The van der Waals surface area contributed by atoms with E-state index in [1.165, 1.54) is 13.1 Å². The summed E-state index contributed by atoms with van der Waals surface area (Å²) < 4.78 is 6.59. The van der Waals surface area contributed by atoms with Crippen LogP contribution in [0.25, 0.3) is 28.1 Å². The van der Waals surface area contributed by atoms with Gasteiger partial charge in [-0.15, -0.1) is 0 Å². The maximum Gasteiger partial charge on any atom is 0.308 e. The number of hydrogen-bond acceptors (Lipinski definition) is 5. The Labute approximate surface area is 178 Å². The fourth-order valence-corrected chi connectivity index (χ4v) is 3.37. The van der Waals surface area contributed by atoms with Crippen LogP contribution in [0.1, 0.15) is 12.5 Å². The van der Waals surface area contributed by atoms with E-state index in [4.69, 9.17) is 4.74 Å². The van der Waals surface area contributed by atoms with Crippen LogP contribution in [0.3, 0.4) is 0 Å². The molecule has 0 saturated heterocycles. The average Bonchev–Trinajstić information content (AvgIpc) is 2.79. The van der Waals surface area contributed by atoms with Crippen molar-refractivity contribution in [2.45, 2.75) is 6.92 Å². The number of hydrogen-bond donors (Lipinski definition) is 0. The number of nitriles is 1. The Bertz CT molecular complexity index is 1350. The van der Waals surface area contributed by atoms with E-state index >= 15 is 0 Å². The fourth-order valence-electron chi connectivity index (χ4n) is 3.37. The minimum atomic E-state index is -0.441. The summed E-state index contributed by atoms with van der Waals surface area (Å²) in [5.41, 5.74) is 2.84. The molecule has 0 radical (unpaired) electrons. The zero-order valence-electron chi connectivity index (χ0n) is 16.6. The molecule has 31 heavy (non-hydrogen) atoms. The second-order valence-electron chi connectivity index (χ2n) is 6.75. The molecule has 0 bridgehead atoms. The first kappa shape index (κ1) is 19.8. The highest BCUT2D eigenvalue weighted by Gasteiger charge is 2.18. The summed E-state index contributed by atoms with van der Waals surface area (Å²) in [7, 11) is 0. The van der Waals surface area contributed by atoms with Crippen LogP contribution in [0, 0.1) is 11.3 Å². The molecule has 2 aromatic heterocycles. The molecule has 2 aromatic carbocycles. The van der Waals surface area contributed by atoms with Crippen molar-refractivity contribution in [3.05, 3.63) is 101 Å². The number of aromatic nitrogens is 2. The van der Waals surface area contributed by atoms with Crippen molar-refractivity contribution in [2.24, 2.45) is 0 Å². The average molecular weight is 407 g/mol. The summed E-state index contributed by atoms with van der Waals surface area (Å²) in [5.74, 6) is -0.128. The SMILES string of the molecule is CC(=O)Oc1ccc(-c2ccn(-c3ccccc3)c(=O)c2-c2ccccc2C#N)nc1. The van der Waals surface area contributed by atoms with Crippen molar-refractivity contribution < 1.29 is 9.53 Å². The third kappa shape index (κ3) is 3.98. The van der Waals surface area contributed by atoms with Gasteiger partial charge < -0.3 is 4.74 Å². The standard InChI is InChI=1S/C25H17N3O3/c1-17(29)31-20-11-12-23(27-16-20)22-13-14-28(19-8-3-2-4-9-19)25(30)24(22)21-10-6-5-7-18(21)15-26/h2-14,16H,1H3. The predicted octanol–water partition coefficient (Wildman–Crippen LogP) is 4.36. The number of benzene rings is 2. The largest absolute Gasteiger partial charge is 0.425 e. The number of esters is 1. The molecular formula is C25H17N3O3. The van der Waals surface area contributed by atoms with E-state index in [9.17, 15) is 14.9 Å². The Morgan fingerprint density at radius 1 is 0.968 bits per heavy atom. The van der Waals surface area contributed by atoms with Gasteiger partial charge in [-0.3, -0.25) is 19.1 Å². The smallest absolute Gasteiger partial charge is 0.308 e. The van der Waals surface area contributed by atoms with Gasteiger partial charge in [0.2, 0.25) is 0 Å². The van der Waals surface area contributed by atoms with Gasteiger partial charge in [0.05, 0.1) is 29.1 Å². The van der Waals surface area contributed by atoms with Crippen molar-refractivity contribution in [1.82, 2.24) is 9.55 Å². The van der Waals surface area contributed by atoms with E-state index in [-0.39, 0.29) is 5.56 Å². The molecule has 150 valence electrons. The van der Waals surface area contributed by atoms with Crippen molar-refractivity contribution in [2.75, 3.05) is 0 Å². The van der Waals surface area contributed by atoms with E-state index in [1.807, 2.05) is 30.3 Å². The normalized spacial score (nSPS) is 10.3. The molecule has 0 spiro atoms. The number of carbonyl (C=O) groups is 1. The Balaban J connectivity index is 1.96. The predicted molar refractivity (Wildman–Crippen MR) is 117 cm³/mol. The molecule has 0 fully saturated rings. The monoisotopic (exact) mass is 407 g/mol. The van der Waals surface area contributed by atoms with Crippen molar-refractivity contribution in [3.63, 3.8) is 0 Å². The lowest BCUT2D eigenvalue weighted by molar-refractivity contribution is -0.131. The van der Waals surface area contributed by atoms with Gasteiger partial charge in [0.25, 0.3) is 5.56 Å². The second-order valence-corrected chi connectivity index (χ2v) is 6.75. The lowest BCUT2D eigenvalue weighted by Crippen LogP contribution is -2.20. The number of rotatable bonds is 4. The molecule has 6 nitrogen and oxygen atoms in total. The molecule has 0 N–H and O–H groups in total. The number of nitrogens with zero attached hydrogens (tertiary/aromatic N) is 3. The van der Waals surface area contributed by atoms with E-state index in [2.05, 4.69) is 11.1 Å². The highest BCUT2D eigenvalue weighted by Crippen LogP contribution is 2.31. The quantitative estimate of drug-likeness (QED) is 0.469. The highest BCUT2D eigenvalue weighted by atomic mass is 16.5. The molecule has 0 aliphatic heterocycles. The molecule has 0 aliphatic rings. The van der Waals surface area contributed by atoms with E-state index in [1.54, 1.807) is 53.2 Å². The van der Waals surface area contributed by atoms with Gasteiger partial charge >= 0.3 is 5.97 Å². The van der Waals surface area contributed by atoms with Gasteiger partial charge in [-0.25, -0.2) is 0 Å². The zero-order valence-corrected chi connectivity index (χ0v) is 16.6. The van der Waals surface area contributed by atoms with Crippen LogP contribution in [0.15, 0.2) is 90.0 Å². The molecule has 0 atom stereocenters. The molecule has 4 rings (SSSR count). The second kappa shape index (κ2) is 8.47. The van der Waals surface area contributed by atoms with Crippen molar-refractivity contribution in [1.29, 1.82) is 5.26 Å². The van der Waals surface area contributed by atoms with Crippen LogP contribution < -0.4 is 10.3 Å². The summed E-state index contributed by atoms with van der Waals surface area (Å²) in [6, 6.07) is 23.5. The maximum atomic E-state index is 13.6. The van der Waals surface area contributed by atoms with Gasteiger partial charge in [0, 0.05) is 29.9 Å².